The summed E-state index contributed by atoms with van der Waals surface area (Å²) < 4.78 is 0. The average Bonchev–Trinajstić information content (AvgIpc) is 2.37. The van der Waals surface area contributed by atoms with E-state index in [1.165, 1.54) is 12.8 Å². The van der Waals surface area contributed by atoms with Crippen LogP contribution in [0.5, 0.6) is 0 Å². The highest BCUT2D eigenvalue weighted by Gasteiger charge is 2.34. The summed E-state index contributed by atoms with van der Waals surface area (Å²) in [5, 5.41) is 0. The highest BCUT2D eigenvalue weighted by molar-refractivity contribution is 5.81. The van der Waals surface area contributed by atoms with Gasteiger partial charge in [0.05, 0.1) is 6.04 Å². The Hall–Kier alpha value is -0.570. The predicted molar refractivity (Wildman–Crippen MR) is 76.3 cm³/mol. The van der Waals surface area contributed by atoms with Crippen LogP contribution in [0.25, 0.3) is 0 Å². The summed E-state index contributed by atoms with van der Waals surface area (Å²) in [4.78, 5) is 14.2. The fourth-order valence-electron chi connectivity index (χ4n) is 3.00. The first-order valence-electron chi connectivity index (χ1n) is 7.48. The van der Waals surface area contributed by atoms with Crippen molar-refractivity contribution in [3.05, 3.63) is 0 Å². The van der Waals surface area contributed by atoms with E-state index in [2.05, 4.69) is 27.7 Å². The van der Waals surface area contributed by atoms with Gasteiger partial charge in [-0.2, -0.15) is 0 Å². The van der Waals surface area contributed by atoms with Crippen LogP contribution in [0.3, 0.4) is 0 Å². The van der Waals surface area contributed by atoms with E-state index in [0.29, 0.717) is 11.3 Å². The van der Waals surface area contributed by atoms with Crippen molar-refractivity contribution in [3.8, 4) is 0 Å². The van der Waals surface area contributed by atoms with Crippen LogP contribution in [0.1, 0.15) is 59.8 Å². The Morgan fingerprint density at radius 3 is 2.11 bits per heavy atom. The van der Waals surface area contributed by atoms with E-state index in [-0.39, 0.29) is 11.9 Å². The van der Waals surface area contributed by atoms with Crippen molar-refractivity contribution in [3.63, 3.8) is 0 Å². The molecule has 0 bridgehead atoms. The van der Waals surface area contributed by atoms with Crippen LogP contribution in [-0.2, 0) is 4.79 Å². The summed E-state index contributed by atoms with van der Waals surface area (Å²) >= 11 is 0. The van der Waals surface area contributed by atoms with Crippen molar-refractivity contribution in [2.75, 3.05) is 13.1 Å². The SMILES string of the molecule is CCC1(CC)CCN(C(=O)C(N)CC(C)C)CC1. The monoisotopic (exact) mass is 254 g/mol. The fourth-order valence-corrected chi connectivity index (χ4v) is 3.00. The standard InChI is InChI=1S/C15H30N2O/c1-5-15(6-2)7-9-17(10-8-15)14(18)13(16)11-12(3)4/h12-13H,5-11,16H2,1-4H3. The molecule has 18 heavy (non-hydrogen) atoms. The number of carbonyl (C=O) groups excluding carboxylic acids is 1. The largest absolute Gasteiger partial charge is 0.341 e. The van der Waals surface area contributed by atoms with Gasteiger partial charge in [-0.15, -0.1) is 0 Å². The lowest BCUT2D eigenvalue weighted by molar-refractivity contribution is -0.135. The first kappa shape index (κ1) is 15.5. The minimum absolute atomic E-state index is 0.157. The first-order chi connectivity index (χ1) is 8.44. The second-order valence-electron chi connectivity index (χ2n) is 6.27. The summed E-state index contributed by atoms with van der Waals surface area (Å²) in [6.45, 7) is 10.6. The third-order valence-electron chi connectivity index (χ3n) is 4.68. The number of carbonyl (C=O) groups is 1. The van der Waals surface area contributed by atoms with Crippen molar-refractivity contribution in [1.29, 1.82) is 0 Å². The van der Waals surface area contributed by atoms with Crippen molar-refractivity contribution < 1.29 is 4.79 Å². The van der Waals surface area contributed by atoms with E-state index in [9.17, 15) is 4.79 Å². The van der Waals surface area contributed by atoms with Crippen molar-refractivity contribution in [2.45, 2.75) is 65.8 Å². The molecule has 0 aromatic heterocycles. The number of hydrogen-bond donors (Lipinski definition) is 1. The summed E-state index contributed by atoms with van der Waals surface area (Å²) in [6.07, 6.45) is 5.52. The molecule has 1 aliphatic rings. The van der Waals surface area contributed by atoms with Gasteiger partial charge >= 0.3 is 0 Å². The number of rotatable bonds is 5. The number of piperidine rings is 1. The molecule has 0 radical (unpaired) electrons. The Morgan fingerprint density at radius 1 is 1.22 bits per heavy atom. The van der Waals surface area contributed by atoms with Gasteiger partial charge in [-0.05, 0) is 30.6 Å². The van der Waals surface area contributed by atoms with Gasteiger partial charge in [0.1, 0.15) is 0 Å². The minimum Gasteiger partial charge on any atom is -0.341 e. The molecule has 1 aliphatic heterocycles. The molecular formula is C15H30N2O. The molecule has 0 saturated carbocycles. The van der Waals surface area contributed by atoms with Gasteiger partial charge in [0.2, 0.25) is 5.91 Å². The van der Waals surface area contributed by atoms with Gasteiger partial charge in [0, 0.05) is 13.1 Å². The molecule has 3 heteroatoms. The van der Waals surface area contributed by atoms with Gasteiger partial charge in [0.25, 0.3) is 0 Å². The molecule has 2 N–H and O–H groups in total. The van der Waals surface area contributed by atoms with Gasteiger partial charge < -0.3 is 10.6 Å². The molecular weight excluding hydrogens is 224 g/mol. The van der Waals surface area contributed by atoms with E-state index in [4.69, 9.17) is 5.73 Å². The summed E-state index contributed by atoms with van der Waals surface area (Å²) in [5.74, 6) is 0.642. The van der Waals surface area contributed by atoms with Crippen LogP contribution in [0.2, 0.25) is 0 Å². The topological polar surface area (TPSA) is 46.3 Å². The molecule has 1 rings (SSSR count). The number of hydrogen-bond acceptors (Lipinski definition) is 2. The number of nitrogens with zero attached hydrogens (tertiary/aromatic N) is 1. The lowest BCUT2D eigenvalue weighted by Gasteiger charge is -2.41. The number of amides is 1. The van der Waals surface area contributed by atoms with Crippen molar-refractivity contribution >= 4 is 5.91 Å². The van der Waals surface area contributed by atoms with Crippen molar-refractivity contribution in [1.82, 2.24) is 4.90 Å². The lowest BCUT2D eigenvalue weighted by atomic mass is 9.74. The zero-order chi connectivity index (χ0) is 13.8. The molecule has 0 aromatic carbocycles. The van der Waals surface area contributed by atoms with Crippen LogP contribution in [-0.4, -0.2) is 29.9 Å². The van der Waals surface area contributed by atoms with Gasteiger partial charge in [0.15, 0.2) is 0 Å². The first-order valence-corrected chi connectivity index (χ1v) is 7.48. The third-order valence-corrected chi connectivity index (χ3v) is 4.68. The smallest absolute Gasteiger partial charge is 0.239 e. The van der Waals surface area contributed by atoms with Gasteiger partial charge in [-0.25, -0.2) is 0 Å². The molecule has 0 spiro atoms. The maximum Gasteiger partial charge on any atom is 0.239 e. The highest BCUT2D eigenvalue weighted by Crippen LogP contribution is 2.37. The Labute approximate surface area is 112 Å². The summed E-state index contributed by atoms with van der Waals surface area (Å²) in [5.41, 5.74) is 6.46. The van der Waals surface area contributed by atoms with E-state index in [1.54, 1.807) is 0 Å². The van der Waals surface area contributed by atoms with Crippen LogP contribution in [0.15, 0.2) is 0 Å². The molecule has 1 fully saturated rings. The third kappa shape index (κ3) is 3.71. The Kier molecular flexibility index (Phi) is 5.64. The molecule has 1 heterocycles. The van der Waals surface area contributed by atoms with Crippen LogP contribution in [0, 0.1) is 11.3 Å². The van der Waals surface area contributed by atoms with Gasteiger partial charge in [-0.3, -0.25) is 4.79 Å². The zero-order valence-electron chi connectivity index (χ0n) is 12.5. The predicted octanol–water partition coefficient (Wildman–Crippen LogP) is 2.79. The molecule has 0 aromatic rings. The summed E-state index contributed by atoms with van der Waals surface area (Å²) in [6, 6.07) is -0.305. The van der Waals surface area contributed by atoms with Crippen LogP contribution in [0.4, 0.5) is 0 Å². The zero-order valence-corrected chi connectivity index (χ0v) is 12.5. The quantitative estimate of drug-likeness (QED) is 0.820. The van der Waals surface area contributed by atoms with E-state index in [0.717, 1.165) is 32.4 Å². The molecule has 0 aliphatic carbocycles. The van der Waals surface area contributed by atoms with E-state index in [1.807, 2.05) is 4.90 Å². The molecule has 106 valence electrons. The molecule has 1 amide bonds. The van der Waals surface area contributed by atoms with E-state index < -0.39 is 0 Å². The van der Waals surface area contributed by atoms with Crippen molar-refractivity contribution in [2.24, 2.45) is 17.1 Å². The second-order valence-corrected chi connectivity index (χ2v) is 6.27. The maximum atomic E-state index is 12.2. The lowest BCUT2D eigenvalue weighted by Crippen LogP contribution is -2.49. The number of likely N-dealkylation sites (tertiary alicyclic amines) is 1. The van der Waals surface area contributed by atoms with Gasteiger partial charge in [-0.1, -0.05) is 40.5 Å². The normalized spacial score (nSPS) is 21.1. The van der Waals surface area contributed by atoms with E-state index >= 15 is 0 Å². The van der Waals surface area contributed by atoms with Crippen LogP contribution < -0.4 is 5.73 Å². The highest BCUT2D eigenvalue weighted by atomic mass is 16.2. The second kappa shape index (κ2) is 6.55. The minimum atomic E-state index is -0.305. The van der Waals surface area contributed by atoms with Crippen LogP contribution >= 0.6 is 0 Å². The Morgan fingerprint density at radius 2 is 1.72 bits per heavy atom. The number of nitrogens with two attached hydrogens (primary N) is 1. The fraction of sp³-hybridized carbons (Fsp3) is 0.933. The average molecular weight is 254 g/mol. The molecule has 1 saturated heterocycles. The maximum absolute atomic E-state index is 12.2. The molecule has 1 atom stereocenters. The molecule has 3 nitrogen and oxygen atoms in total. The molecule has 1 unspecified atom stereocenters. The Balaban J connectivity index is 2.49. The summed E-state index contributed by atoms with van der Waals surface area (Å²) in [7, 11) is 0. The Bertz CT molecular complexity index is 262.